The van der Waals surface area contributed by atoms with Gasteiger partial charge in [-0.2, -0.15) is 5.26 Å². The van der Waals surface area contributed by atoms with Crippen molar-refractivity contribution in [2.75, 3.05) is 16.8 Å². The van der Waals surface area contributed by atoms with E-state index in [4.69, 9.17) is 4.74 Å². The number of ether oxygens (including phenoxy) is 1. The second kappa shape index (κ2) is 11.8. The number of carbonyl (C=O) groups excluding carboxylic acids is 3. The number of aryl methyl sites for hydroxylation is 2. The molecule has 38 heavy (non-hydrogen) atoms. The highest BCUT2D eigenvalue weighted by molar-refractivity contribution is 8.05. The number of esters is 1. The van der Waals surface area contributed by atoms with Gasteiger partial charge < -0.3 is 10.1 Å². The van der Waals surface area contributed by atoms with Crippen LogP contribution in [-0.4, -0.2) is 29.6 Å². The lowest BCUT2D eigenvalue weighted by atomic mass is 10.1. The molecule has 0 aliphatic carbocycles. The minimum Gasteiger partial charge on any atom is -0.462 e. The van der Waals surface area contributed by atoms with Gasteiger partial charge in [0.1, 0.15) is 16.7 Å². The number of rotatable bonds is 7. The first kappa shape index (κ1) is 26.7. The van der Waals surface area contributed by atoms with Crippen LogP contribution in [-0.2, 0) is 20.7 Å². The Bertz CT molecular complexity index is 1420. The molecule has 0 spiro atoms. The fourth-order valence-electron chi connectivity index (χ4n) is 4.19. The number of nitrogens with one attached hydrogen (secondary N) is 1. The molecule has 1 aliphatic rings. The Balaban J connectivity index is 1.67. The Kier molecular flexibility index (Phi) is 8.29. The lowest BCUT2D eigenvalue weighted by molar-refractivity contribution is -0.117. The van der Waals surface area contributed by atoms with Gasteiger partial charge >= 0.3 is 5.97 Å². The van der Waals surface area contributed by atoms with Gasteiger partial charge in [-0.25, -0.2) is 4.79 Å². The fourth-order valence-corrected chi connectivity index (χ4v) is 5.50. The average Bonchev–Trinajstić information content (AvgIpc) is 3.23. The molecule has 1 saturated heterocycles. The van der Waals surface area contributed by atoms with E-state index in [-0.39, 0.29) is 18.1 Å². The highest BCUT2D eigenvalue weighted by Gasteiger charge is 2.40. The second-order valence-corrected chi connectivity index (χ2v) is 9.94. The Morgan fingerprint density at radius 3 is 2.26 bits per heavy atom. The summed E-state index contributed by atoms with van der Waals surface area (Å²) >= 11 is 1.20. The van der Waals surface area contributed by atoms with E-state index < -0.39 is 17.1 Å². The number of nitriles is 1. The molecule has 1 fully saturated rings. The summed E-state index contributed by atoms with van der Waals surface area (Å²) in [5.74, 6) is -1.20. The number of benzene rings is 3. The number of para-hydroxylation sites is 2. The smallest absolute Gasteiger partial charge is 0.338 e. The third-order valence-corrected chi connectivity index (χ3v) is 7.39. The summed E-state index contributed by atoms with van der Waals surface area (Å²) < 4.78 is 5.04. The summed E-state index contributed by atoms with van der Waals surface area (Å²) in [4.78, 5) is 40.4. The molecule has 1 aliphatic heterocycles. The zero-order valence-electron chi connectivity index (χ0n) is 21.4. The van der Waals surface area contributed by atoms with Crippen molar-refractivity contribution in [3.05, 3.63) is 106 Å². The van der Waals surface area contributed by atoms with Crippen molar-refractivity contribution in [1.82, 2.24) is 0 Å². The summed E-state index contributed by atoms with van der Waals surface area (Å²) in [5.41, 5.74) is 4.12. The van der Waals surface area contributed by atoms with Gasteiger partial charge in [-0.3, -0.25) is 14.5 Å². The predicted molar refractivity (Wildman–Crippen MR) is 149 cm³/mol. The van der Waals surface area contributed by atoms with E-state index >= 15 is 0 Å². The monoisotopic (exact) mass is 525 g/mol. The molecule has 3 aromatic carbocycles. The van der Waals surface area contributed by atoms with Gasteiger partial charge in [0, 0.05) is 11.4 Å². The van der Waals surface area contributed by atoms with Crippen molar-refractivity contribution < 1.29 is 19.1 Å². The SMILES string of the molecule is CCOC(=O)c1ccc(CC2SC(=C(C#N)C(=O)Nc3c(C)cccc3C)N(c3ccccc3)C2=O)cc1. The predicted octanol–water partition coefficient (Wildman–Crippen LogP) is 5.55. The minimum absolute atomic E-state index is 0.130. The van der Waals surface area contributed by atoms with Gasteiger partial charge in [-0.1, -0.05) is 60.3 Å². The van der Waals surface area contributed by atoms with E-state index in [1.807, 2.05) is 44.2 Å². The molecule has 0 bridgehead atoms. The topological polar surface area (TPSA) is 99.5 Å². The first-order chi connectivity index (χ1) is 18.3. The van der Waals surface area contributed by atoms with Crippen LogP contribution in [0.15, 0.2) is 83.4 Å². The van der Waals surface area contributed by atoms with Crippen molar-refractivity contribution in [2.45, 2.75) is 32.4 Å². The quantitative estimate of drug-likeness (QED) is 0.247. The van der Waals surface area contributed by atoms with Crippen LogP contribution in [0.3, 0.4) is 0 Å². The lowest BCUT2D eigenvalue weighted by Gasteiger charge is -2.19. The number of hydrogen-bond donors (Lipinski definition) is 1. The Morgan fingerprint density at radius 1 is 1.00 bits per heavy atom. The van der Waals surface area contributed by atoms with E-state index in [1.54, 1.807) is 55.5 Å². The largest absolute Gasteiger partial charge is 0.462 e. The number of amides is 2. The molecular weight excluding hydrogens is 498 g/mol. The standard InChI is InChI=1S/C30H27N3O4S/c1-4-37-30(36)22-15-13-21(14-16-22)17-25-28(35)33(23-11-6-5-7-12-23)29(38-25)24(18-31)27(34)32-26-19(2)9-8-10-20(26)3/h5-16,25H,4,17H2,1-3H3,(H,32,34). The normalized spacial score (nSPS) is 16.1. The molecule has 1 N–H and O–H groups in total. The maximum atomic E-state index is 13.6. The Labute approximate surface area is 226 Å². The summed E-state index contributed by atoms with van der Waals surface area (Å²) in [7, 11) is 0. The zero-order chi connectivity index (χ0) is 27.2. The highest BCUT2D eigenvalue weighted by atomic mass is 32.2. The van der Waals surface area contributed by atoms with Crippen molar-refractivity contribution in [3.63, 3.8) is 0 Å². The molecular formula is C30H27N3O4S. The Hall–Kier alpha value is -4.35. The molecule has 1 heterocycles. The molecule has 192 valence electrons. The number of carbonyl (C=O) groups is 3. The van der Waals surface area contributed by atoms with Gasteiger partial charge in [-0.15, -0.1) is 0 Å². The van der Waals surface area contributed by atoms with Crippen LogP contribution in [0.2, 0.25) is 0 Å². The van der Waals surface area contributed by atoms with E-state index in [9.17, 15) is 19.6 Å². The molecule has 8 heteroatoms. The van der Waals surface area contributed by atoms with E-state index in [2.05, 4.69) is 5.32 Å². The summed E-state index contributed by atoms with van der Waals surface area (Å²) in [5, 5.41) is 12.7. The van der Waals surface area contributed by atoms with Crippen LogP contribution in [0.1, 0.15) is 34.0 Å². The number of hydrogen-bond acceptors (Lipinski definition) is 6. The maximum Gasteiger partial charge on any atom is 0.338 e. The number of thioether (sulfide) groups is 1. The number of anilines is 2. The van der Waals surface area contributed by atoms with Crippen LogP contribution < -0.4 is 10.2 Å². The molecule has 0 radical (unpaired) electrons. The van der Waals surface area contributed by atoms with Crippen LogP contribution >= 0.6 is 11.8 Å². The van der Waals surface area contributed by atoms with Crippen molar-refractivity contribution in [3.8, 4) is 6.07 Å². The van der Waals surface area contributed by atoms with Gasteiger partial charge in [-0.05, 0) is 68.1 Å². The highest BCUT2D eigenvalue weighted by Crippen LogP contribution is 2.42. The van der Waals surface area contributed by atoms with Crippen LogP contribution in [0.25, 0.3) is 0 Å². The third kappa shape index (κ3) is 5.63. The molecule has 2 amide bonds. The van der Waals surface area contributed by atoms with E-state index in [0.717, 1.165) is 16.7 Å². The second-order valence-electron chi connectivity index (χ2n) is 8.75. The van der Waals surface area contributed by atoms with Gasteiger partial charge in [0.05, 0.1) is 17.4 Å². The maximum absolute atomic E-state index is 13.6. The summed E-state index contributed by atoms with van der Waals surface area (Å²) in [6.07, 6.45) is 0.358. The molecule has 1 atom stereocenters. The molecule has 3 aromatic rings. The molecule has 4 rings (SSSR count). The zero-order valence-corrected chi connectivity index (χ0v) is 22.2. The molecule has 1 unspecified atom stereocenters. The first-order valence-corrected chi connectivity index (χ1v) is 13.1. The molecule has 0 saturated carbocycles. The average molecular weight is 526 g/mol. The van der Waals surface area contributed by atoms with Gasteiger partial charge in [0.2, 0.25) is 5.91 Å². The van der Waals surface area contributed by atoms with Gasteiger partial charge in [0.25, 0.3) is 5.91 Å². The van der Waals surface area contributed by atoms with E-state index in [1.165, 1.54) is 16.7 Å². The summed E-state index contributed by atoms with van der Waals surface area (Å²) in [6.45, 7) is 5.80. The molecule has 7 nitrogen and oxygen atoms in total. The first-order valence-electron chi connectivity index (χ1n) is 12.2. The van der Waals surface area contributed by atoms with Crippen LogP contribution in [0.5, 0.6) is 0 Å². The van der Waals surface area contributed by atoms with Gasteiger partial charge in [0.15, 0.2) is 0 Å². The van der Waals surface area contributed by atoms with Crippen LogP contribution in [0.4, 0.5) is 11.4 Å². The third-order valence-electron chi connectivity index (χ3n) is 6.13. The number of nitrogens with zero attached hydrogens (tertiary/aromatic N) is 2. The van der Waals surface area contributed by atoms with Crippen LogP contribution in [0, 0.1) is 25.2 Å². The van der Waals surface area contributed by atoms with Crippen molar-refractivity contribution >= 4 is 40.9 Å². The van der Waals surface area contributed by atoms with Crippen molar-refractivity contribution in [1.29, 1.82) is 5.26 Å². The minimum atomic E-state index is -0.569. The summed E-state index contributed by atoms with van der Waals surface area (Å²) in [6, 6.07) is 23.6. The Morgan fingerprint density at radius 2 is 1.66 bits per heavy atom. The van der Waals surface area contributed by atoms with Crippen molar-refractivity contribution in [2.24, 2.45) is 0 Å². The molecule has 0 aromatic heterocycles. The lowest BCUT2D eigenvalue weighted by Crippen LogP contribution is -2.31. The fraction of sp³-hybridized carbons (Fsp3) is 0.200. The van der Waals surface area contributed by atoms with E-state index in [0.29, 0.717) is 28.4 Å².